The Morgan fingerprint density at radius 1 is 1.03 bits per heavy atom. The first kappa shape index (κ1) is 22.1. The van der Waals surface area contributed by atoms with Crippen LogP contribution in [0.3, 0.4) is 0 Å². The zero-order valence-corrected chi connectivity index (χ0v) is 18.7. The van der Waals surface area contributed by atoms with E-state index < -0.39 is 6.10 Å². The van der Waals surface area contributed by atoms with Crippen LogP contribution in [0, 0.1) is 0 Å². The summed E-state index contributed by atoms with van der Waals surface area (Å²) >= 11 is 0. The number of carbonyl (C=O) groups is 2. The van der Waals surface area contributed by atoms with Crippen LogP contribution >= 0.6 is 0 Å². The predicted octanol–water partition coefficient (Wildman–Crippen LogP) is 3.21. The van der Waals surface area contributed by atoms with Crippen molar-refractivity contribution in [2.24, 2.45) is 0 Å². The van der Waals surface area contributed by atoms with Crippen molar-refractivity contribution in [3.63, 3.8) is 0 Å². The fraction of sp³-hybridized carbons (Fsp3) is 0.385. The Labute approximate surface area is 189 Å². The second-order valence-electron chi connectivity index (χ2n) is 8.27. The van der Waals surface area contributed by atoms with E-state index >= 15 is 0 Å². The van der Waals surface area contributed by atoms with Gasteiger partial charge in [-0.2, -0.15) is 0 Å². The number of hydrogen-bond donors (Lipinski definition) is 0. The van der Waals surface area contributed by atoms with Gasteiger partial charge in [0.15, 0.2) is 6.10 Å². The van der Waals surface area contributed by atoms with Crippen molar-refractivity contribution < 1.29 is 19.1 Å². The van der Waals surface area contributed by atoms with Crippen LogP contribution in [-0.4, -0.2) is 61.1 Å². The molecule has 0 radical (unpaired) electrons. The molecule has 1 saturated heterocycles. The Morgan fingerprint density at radius 2 is 1.78 bits per heavy atom. The molecule has 2 aromatic rings. The number of rotatable bonds is 8. The van der Waals surface area contributed by atoms with Gasteiger partial charge < -0.3 is 19.3 Å². The molecular formula is C26H30N2O4. The largest absolute Gasteiger partial charge is 0.497 e. The molecule has 0 saturated carbocycles. The highest BCUT2D eigenvalue weighted by molar-refractivity contribution is 5.89. The maximum atomic E-state index is 12.7. The zero-order valence-electron chi connectivity index (χ0n) is 18.7. The fourth-order valence-corrected chi connectivity index (χ4v) is 4.48. The minimum atomic E-state index is -0.445. The Morgan fingerprint density at radius 3 is 2.41 bits per heavy atom. The number of benzene rings is 2. The molecule has 6 heteroatoms. The molecule has 2 aliphatic heterocycles. The second kappa shape index (κ2) is 10.0. The van der Waals surface area contributed by atoms with Crippen LogP contribution in [0.1, 0.15) is 24.0 Å². The van der Waals surface area contributed by atoms with E-state index in [1.807, 2.05) is 52.3 Å². The van der Waals surface area contributed by atoms with Gasteiger partial charge in [0.25, 0.3) is 5.91 Å². The lowest BCUT2D eigenvalue weighted by Gasteiger charge is -2.48. The van der Waals surface area contributed by atoms with Gasteiger partial charge in [-0.3, -0.25) is 9.59 Å². The van der Waals surface area contributed by atoms with Crippen molar-refractivity contribution in [2.45, 2.75) is 38.0 Å². The van der Waals surface area contributed by atoms with E-state index in [4.69, 9.17) is 9.47 Å². The van der Waals surface area contributed by atoms with Crippen LogP contribution in [-0.2, 0) is 27.3 Å². The summed E-state index contributed by atoms with van der Waals surface area (Å²) in [5.74, 6) is 0.977. The monoisotopic (exact) mass is 434 g/mol. The van der Waals surface area contributed by atoms with Gasteiger partial charge in [-0.05, 0) is 41.7 Å². The van der Waals surface area contributed by atoms with Crippen molar-refractivity contribution >= 4 is 11.8 Å². The maximum absolute atomic E-state index is 12.7. The molecule has 2 aliphatic rings. The molecule has 6 nitrogen and oxygen atoms in total. The molecule has 0 unspecified atom stereocenters. The Kier molecular flexibility index (Phi) is 6.90. The number of amides is 2. The average Bonchev–Trinajstić information content (AvgIpc) is 2.85. The average molecular weight is 435 g/mol. The number of β-lactam (4-membered cyclic amide) rings is 1. The third-order valence-corrected chi connectivity index (χ3v) is 6.36. The second-order valence-corrected chi connectivity index (χ2v) is 8.27. The van der Waals surface area contributed by atoms with Crippen molar-refractivity contribution in [2.75, 3.05) is 27.3 Å². The van der Waals surface area contributed by atoms with E-state index in [1.165, 1.54) is 11.1 Å². The van der Waals surface area contributed by atoms with Gasteiger partial charge in [0, 0.05) is 33.2 Å². The number of aryl methyl sites for hydroxylation is 1. The summed E-state index contributed by atoms with van der Waals surface area (Å²) in [4.78, 5) is 29.1. The topological polar surface area (TPSA) is 59.1 Å². The standard InChI is InChI=1S/C26H30N2O4/c1-31-22-11-8-20(9-12-22)18-28-24(25(32-2)26(28)30)21-14-16-27(17-15-21)23(29)13-10-19-6-4-3-5-7-19/h3-9,11-12,14,24-25H,10,13,15-18H2,1-2H3/t24-,25+/m0/s1. The lowest BCUT2D eigenvalue weighted by molar-refractivity contribution is -0.168. The number of ether oxygens (including phenoxy) is 2. The first-order valence-electron chi connectivity index (χ1n) is 11.1. The first-order valence-corrected chi connectivity index (χ1v) is 11.1. The summed E-state index contributed by atoms with van der Waals surface area (Å²) in [6, 6.07) is 17.8. The van der Waals surface area contributed by atoms with E-state index in [9.17, 15) is 9.59 Å². The van der Waals surface area contributed by atoms with E-state index in [0.29, 0.717) is 26.1 Å². The summed E-state index contributed by atoms with van der Waals surface area (Å²) in [7, 11) is 3.22. The van der Waals surface area contributed by atoms with E-state index in [0.717, 1.165) is 24.2 Å². The highest BCUT2D eigenvalue weighted by atomic mass is 16.5. The van der Waals surface area contributed by atoms with Crippen LogP contribution in [0.5, 0.6) is 5.75 Å². The zero-order chi connectivity index (χ0) is 22.5. The third kappa shape index (κ3) is 4.70. The van der Waals surface area contributed by atoms with Gasteiger partial charge in [0.1, 0.15) is 5.75 Å². The molecule has 4 rings (SSSR count). The van der Waals surface area contributed by atoms with E-state index in [1.54, 1.807) is 14.2 Å². The summed E-state index contributed by atoms with van der Waals surface area (Å²) in [6.45, 7) is 1.79. The SMILES string of the molecule is COc1ccc(CN2C(=O)[C@H](OC)[C@@H]2C2=CCN(C(=O)CCc3ccccc3)CC2)cc1. The summed E-state index contributed by atoms with van der Waals surface area (Å²) in [6.07, 6.45) is 3.69. The molecule has 2 aromatic carbocycles. The molecule has 1 fully saturated rings. The van der Waals surface area contributed by atoms with Crippen LogP contribution in [0.15, 0.2) is 66.2 Å². The van der Waals surface area contributed by atoms with E-state index in [-0.39, 0.29) is 17.9 Å². The van der Waals surface area contributed by atoms with E-state index in [2.05, 4.69) is 18.2 Å². The molecule has 32 heavy (non-hydrogen) atoms. The van der Waals surface area contributed by atoms with Gasteiger partial charge in [0.05, 0.1) is 13.2 Å². The fourth-order valence-electron chi connectivity index (χ4n) is 4.48. The van der Waals surface area contributed by atoms with Gasteiger partial charge in [0.2, 0.25) is 5.91 Å². The smallest absolute Gasteiger partial charge is 0.255 e. The van der Waals surface area contributed by atoms with Gasteiger partial charge >= 0.3 is 0 Å². The van der Waals surface area contributed by atoms with Crippen molar-refractivity contribution in [3.8, 4) is 5.75 Å². The molecule has 0 N–H and O–H groups in total. The highest BCUT2D eigenvalue weighted by Gasteiger charge is 2.49. The predicted molar refractivity (Wildman–Crippen MR) is 122 cm³/mol. The molecule has 2 amide bonds. The quantitative estimate of drug-likeness (QED) is 0.473. The van der Waals surface area contributed by atoms with Crippen LogP contribution in [0.4, 0.5) is 0 Å². The van der Waals surface area contributed by atoms with Crippen LogP contribution < -0.4 is 4.74 Å². The number of carbonyl (C=O) groups excluding carboxylic acids is 2. The number of hydrogen-bond acceptors (Lipinski definition) is 4. The van der Waals surface area contributed by atoms with Gasteiger partial charge in [-0.1, -0.05) is 48.5 Å². The molecule has 0 bridgehead atoms. The molecule has 0 aliphatic carbocycles. The highest BCUT2D eigenvalue weighted by Crippen LogP contribution is 2.33. The van der Waals surface area contributed by atoms with Gasteiger partial charge in [-0.15, -0.1) is 0 Å². The van der Waals surface area contributed by atoms with Crippen molar-refractivity contribution in [3.05, 3.63) is 77.4 Å². The summed E-state index contributed by atoms with van der Waals surface area (Å²) in [5, 5.41) is 0. The molecule has 2 atom stereocenters. The first-order chi connectivity index (χ1) is 15.6. The molecular weight excluding hydrogens is 404 g/mol. The third-order valence-electron chi connectivity index (χ3n) is 6.36. The molecule has 2 heterocycles. The minimum Gasteiger partial charge on any atom is -0.497 e. The van der Waals surface area contributed by atoms with Gasteiger partial charge in [-0.25, -0.2) is 0 Å². The molecule has 0 spiro atoms. The number of likely N-dealkylation sites (tertiary alicyclic amines) is 1. The lowest BCUT2D eigenvalue weighted by Crippen LogP contribution is -2.66. The molecule has 0 aromatic heterocycles. The summed E-state index contributed by atoms with van der Waals surface area (Å²) in [5.41, 5.74) is 3.41. The Balaban J connectivity index is 1.37. The Hall–Kier alpha value is -3.12. The maximum Gasteiger partial charge on any atom is 0.255 e. The number of nitrogens with zero attached hydrogens (tertiary/aromatic N) is 2. The minimum absolute atomic E-state index is 0.00980. The Bertz CT molecular complexity index is 971. The molecule has 168 valence electrons. The van der Waals surface area contributed by atoms with Crippen molar-refractivity contribution in [1.29, 1.82) is 0 Å². The lowest BCUT2D eigenvalue weighted by atomic mass is 9.86. The summed E-state index contributed by atoms with van der Waals surface area (Å²) < 4.78 is 10.7. The number of methoxy groups -OCH3 is 2. The van der Waals surface area contributed by atoms with Crippen LogP contribution in [0.2, 0.25) is 0 Å². The van der Waals surface area contributed by atoms with Crippen molar-refractivity contribution in [1.82, 2.24) is 9.80 Å². The van der Waals surface area contributed by atoms with Crippen LogP contribution in [0.25, 0.3) is 0 Å². The normalized spacial score (nSPS) is 20.6.